The van der Waals surface area contributed by atoms with Crippen molar-refractivity contribution in [3.8, 4) is 0 Å². The summed E-state index contributed by atoms with van der Waals surface area (Å²) >= 11 is 0. The summed E-state index contributed by atoms with van der Waals surface area (Å²) in [6.07, 6.45) is 1.03. The van der Waals surface area contributed by atoms with E-state index in [1.54, 1.807) is 0 Å². The molecule has 16 heavy (non-hydrogen) atoms. The van der Waals surface area contributed by atoms with E-state index in [4.69, 9.17) is 9.47 Å². The van der Waals surface area contributed by atoms with Crippen molar-refractivity contribution in [2.45, 2.75) is 31.5 Å². The zero-order chi connectivity index (χ0) is 10.7. The number of rotatable bonds is 2. The third kappa shape index (κ3) is 3.31. The fraction of sp³-hybridized carbons (Fsp3) is 0.900. The highest BCUT2D eigenvalue weighted by atomic mass is 35.5. The van der Waals surface area contributed by atoms with Gasteiger partial charge in [0.15, 0.2) is 0 Å². The highest BCUT2D eigenvalue weighted by Crippen LogP contribution is 2.12. The van der Waals surface area contributed by atoms with Gasteiger partial charge in [0.05, 0.1) is 25.4 Å². The molecule has 2 N–H and O–H groups in total. The summed E-state index contributed by atoms with van der Waals surface area (Å²) in [5.74, 6) is 0.0250. The standard InChI is InChI=1S/C10H18N2O3.ClH/c1-7-8(2-4-15-7)12-10(13)9-6-14-5-3-11-9;/h7-9,11H,2-6H2,1H3,(H,12,13);1H. The van der Waals surface area contributed by atoms with Crippen LogP contribution >= 0.6 is 12.4 Å². The summed E-state index contributed by atoms with van der Waals surface area (Å²) in [7, 11) is 0. The van der Waals surface area contributed by atoms with Gasteiger partial charge in [0.1, 0.15) is 6.04 Å². The van der Waals surface area contributed by atoms with Crippen molar-refractivity contribution in [2.24, 2.45) is 0 Å². The lowest BCUT2D eigenvalue weighted by Gasteiger charge is -2.25. The van der Waals surface area contributed by atoms with Crippen LogP contribution in [0.4, 0.5) is 0 Å². The summed E-state index contributed by atoms with van der Waals surface area (Å²) < 4.78 is 10.6. The molecular weight excluding hydrogens is 232 g/mol. The van der Waals surface area contributed by atoms with E-state index in [1.807, 2.05) is 6.92 Å². The Bertz CT molecular complexity index is 234. The maximum Gasteiger partial charge on any atom is 0.239 e. The molecular formula is C10H19ClN2O3. The zero-order valence-electron chi connectivity index (χ0n) is 9.40. The molecule has 0 radical (unpaired) electrons. The number of nitrogens with one attached hydrogen (secondary N) is 2. The molecule has 0 spiro atoms. The Morgan fingerprint density at radius 2 is 2.25 bits per heavy atom. The first-order valence-corrected chi connectivity index (χ1v) is 5.50. The minimum absolute atomic E-state index is 0. The van der Waals surface area contributed by atoms with E-state index in [0.717, 1.165) is 19.6 Å². The number of halogens is 1. The lowest BCUT2D eigenvalue weighted by atomic mass is 10.1. The van der Waals surface area contributed by atoms with Crippen LogP contribution in [0.25, 0.3) is 0 Å². The molecule has 0 aromatic carbocycles. The molecule has 0 aromatic rings. The van der Waals surface area contributed by atoms with Crippen LogP contribution in [0, 0.1) is 0 Å². The number of amides is 1. The summed E-state index contributed by atoms with van der Waals surface area (Å²) in [4.78, 5) is 11.8. The van der Waals surface area contributed by atoms with Gasteiger partial charge in [-0.15, -0.1) is 12.4 Å². The molecule has 94 valence electrons. The SMILES string of the molecule is CC1OCCC1NC(=O)C1COCCN1.Cl. The van der Waals surface area contributed by atoms with Crippen LogP contribution in [0.2, 0.25) is 0 Å². The van der Waals surface area contributed by atoms with Crippen LogP contribution in [0.5, 0.6) is 0 Å². The van der Waals surface area contributed by atoms with Crippen molar-refractivity contribution >= 4 is 18.3 Å². The summed E-state index contributed by atoms with van der Waals surface area (Å²) in [6, 6.07) is -0.0484. The van der Waals surface area contributed by atoms with Gasteiger partial charge in [-0.25, -0.2) is 0 Å². The minimum atomic E-state index is -0.202. The first-order valence-electron chi connectivity index (χ1n) is 5.50. The highest BCUT2D eigenvalue weighted by molar-refractivity contribution is 5.85. The molecule has 3 atom stereocenters. The van der Waals surface area contributed by atoms with Gasteiger partial charge in [-0.1, -0.05) is 0 Å². The van der Waals surface area contributed by atoms with Gasteiger partial charge in [-0.2, -0.15) is 0 Å². The smallest absolute Gasteiger partial charge is 0.239 e. The van der Waals surface area contributed by atoms with Crippen LogP contribution in [-0.4, -0.2) is 50.5 Å². The number of hydrogen-bond acceptors (Lipinski definition) is 4. The van der Waals surface area contributed by atoms with Crippen molar-refractivity contribution < 1.29 is 14.3 Å². The largest absolute Gasteiger partial charge is 0.378 e. The molecule has 2 fully saturated rings. The highest BCUT2D eigenvalue weighted by Gasteiger charge is 2.29. The average molecular weight is 251 g/mol. The molecule has 0 bridgehead atoms. The maximum absolute atomic E-state index is 11.8. The number of carbonyl (C=O) groups excluding carboxylic acids is 1. The summed E-state index contributed by atoms with van der Waals surface area (Å²) in [6.45, 7) is 4.62. The first-order chi connectivity index (χ1) is 7.27. The number of morpholine rings is 1. The predicted octanol–water partition coefficient (Wildman–Crippen LogP) is -0.310. The van der Waals surface area contributed by atoms with Gasteiger partial charge in [0, 0.05) is 13.2 Å². The van der Waals surface area contributed by atoms with E-state index in [-0.39, 0.29) is 36.5 Å². The van der Waals surface area contributed by atoms with Crippen LogP contribution in [0.15, 0.2) is 0 Å². The van der Waals surface area contributed by atoms with Crippen LogP contribution in [0.1, 0.15) is 13.3 Å². The topological polar surface area (TPSA) is 59.6 Å². The molecule has 1 amide bonds. The van der Waals surface area contributed by atoms with Crippen molar-refractivity contribution in [1.82, 2.24) is 10.6 Å². The molecule has 2 rings (SSSR count). The Kier molecular flexibility index (Phi) is 5.48. The normalized spacial score (nSPS) is 34.2. The molecule has 2 saturated heterocycles. The molecule has 2 heterocycles. The molecule has 0 aromatic heterocycles. The van der Waals surface area contributed by atoms with Gasteiger partial charge < -0.3 is 20.1 Å². The van der Waals surface area contributed by atoms with Crippen LogP contribution < -0.4 is 10.6 Å². The molecule has 6 heteroatoms. The molecule has 3 unspecified atom stereocenters. The molecule has 2 aliphatic rings. The van der Waals surface area contributed by atoms with Crippen molar-refractivity contribution in [2.75, 3.05) is 26.4 Å². The minimum Gasteiger partial charge on any atom is -0.378 e. The molecule has 5 nitrogen and oxygen atoms in total. The predicted molar refractivity (Wildman–Crippen MR) is 61.8 cm³/mol. The second-order valence-corrected chi connectivity index (χ2v) is 4.06. The Hall–Kier alpha value is -0.360. The van der Waals surface area contributed by atoms with Crippen LogP contribution in [0.3, 0.4) is 0 Å². The lowest BCUT2D eigenvalue weighted by molar-refractivity contribution is -0.127. The van der Waals surface area contributed by atoms with E-state index < -0.39 is 0 Å². The Balaban J connectivity index is 0.00000128. The monoisotopic (exact) mass is 250 g/mol. The first kappa shape index (κ1) is 13.7. The lowest BCUT2D eigenvalue weighted by Crippen LogP contribution is -2.54. The third-order valence-electron chi connectivity index (χ3n) is 2.94. The number of ether oxygens (including phenoxy) is 2. The van der Waals surface area contributed by atoms with Gasteiger partial charge in [0.2, 0.25) is 5.91 Å². The van der Waals surface area contributed by atoms with Crippen molar-refractivity contribution in [3.05, 3.63) is 0 Å². The second kappa shape index (κ2) is 6.39. The van der Waals surface area contributed by atoms with E-state index in [1.165, 1.54) is 0 Å². The van der Waals surface area contributed by atoms with Gasteiger partial charge in [0.25, 0.3) is 0 Å². The number of hydrogen-bond donors (Lipinski definition) is 2. The van der Waals surface area contributed by atoms with Crippen LogP contribution in [-0.2, 0) is 14.3 Å². The molecule has 2 aliphatic heterocycles. The summed E-state index contributed by atoms with van der Waals surface area (Å²) in [5.41, 5.74) is 0. The Labute approximate surface area is 102 Å². The van der Waals surface area contributed by atoms with E-state index in [0.29, 0.717) is 13.2 Å². The Morgan fingerprint density at radius 1 is 1.44 bits per heavy atom. The van der Waals surface area contributed by atoms with Gasteiger partial charge in [-0.3, -0.25) is 4.79 Å². The van der Waals surface area contributed by atoms with Gasteiger partial charge in [-0.05, 0) is 13.3 Å². The van der Waals surface area contributed by atoms with Crippen molar-refractivity contribution in [1.29, 1.82) is 0 Å². The zero-order valence-corrected chi connectivity index (χ0v) is 10.2. The molecule has 0 saturated carbocycles. The van der Waals surface area contributed by atoms with E-state index in [9.17, 15) is 4.79 Å². The second-order valence-electron chi connectivity index (χ2n) is 4.06. The average Bonchev–Trinajstić information content (AvgIpc) is 2.66. The van der Waals surface area contributed by atoms with E-state index in [2.05, 4.69) is 10.6 Å². The fourth-order valence-electron chi connectivity index (χ4n) is 1.94. The Morgan fingerprint density at radius 3 is 2.81 bits per heavy atom. The third-order valence-corrected chi connectivity index (χ3v) is 2.94. The van der Waals surface area contributed by atoms with E-state index >= 15 is 0 Å². The summed E-state index contributed by atoms with van der Waals surface area (Å²) in [5, 5.41) is 6.12. The molecule has 0 aliphatic carbocycles. The maximum atomic E-state index is 11.8. The van der Waals surface area contributed by atoms with Crippen molar-refractivity contribution in [3.63, 3.8) is 0 Å². The van der Waals surface area contributed by atoms with Gasteiger partial charge >= 0.3 is 0 Å². The quantitative estimate of drug-likeness (QED) is 0.706. The number of carbonyl (C=O) groups is 1. The fourth-order valence-corrected chi connectivity index (χ4v) is 1.94.